The molecule has 2 heterocycles. The van der Waals surface area contributed by atoms with E-state index in [2.05, 4.69) is 37.8 Å². The zero-order chi connectivity index (χ0) is 26.5. The van der Waals surface area contributed by atoms with E-state index >= 15 is 0 Å². The number of alkyl carbamates (subject to hydrolysis) is 1. The fraction of sp³-hybridized carbons (Fsp3) is 0.276. The number of carbonyl (C=O) groups excluding carboxylic acids is 1. The van der Waals surface area contributed by atoms with Gasteiger partial charge in [0.1, 0.15) is 5.60 Å². The molecule has 192 valence electrons. The third-order valence-electron chi connectivity index (χ3n) is 5.51. The number of hydrogen-bond donors (Lipinski definition) is 2. The standard InChI is InChI=1S/C17H21N3O2.C12H13N3/c1-17(2,3)22-16(21)18-12-15(13-7-5-4-6-8-13)14-9-10-19-20-11-14;13-8-12(10-4-2-1-3-5-10)11-6-7-14-15-9-11/h4-11,15H,12H2,1-3H3,(H,18,21);1-7,9,12H,8,13H2. The highest BCUT2D eigenvalue weighted by molar-refractivity contribution is 5.67. The highest BCUT2D eigenvalue weighted by Gasteiger charge is 2.19. The second kappa shape index (κ2) is 13.8. The first kappa shape index (κ1) is 27.4. The first-order valence-electron chi connectivity index (χ1n) is 12.2. The Morgan fingerprint density at radius 3 is 1.68 bits per heavy atom. The summed E-state index contributed by atoms with van der Waals surface area (Å²) in [6, 6.07) is 24.0. The minimum atomic E-state index is -0.509. The van der Waals surface area contributed by atoms with Crippen molar-refractivity contribution in [2.75, 3.05) is 13.1 Å². The van der Waals surface area contributed by atoms with Gasteiger partial charge in [0, 0.05) is 37.3 Å². The molecule has 0 bridgehead atoms. The van der Waals surface area contributed by atoms with E-state index in [0.717, 1.165) is 16.7 Å². The minimum Gasteiger partial charge on any atom is -0.444 e. The van der Waals surface area contributed by atoms with Crippen LogP contribution in [0.25, 0.3) is 0 Å². The molecular formula is C29H34N6O2. The van der Waals surface area contributed by atoms with Gasteiger partial charge in [-0.3, -0.25) is 0 Å². The fourth-order valence-corrected chi connectivity index (χ4v) is 3.78. The molecule has 0 aliphatic carbocycles. The maximum Gasteiger partial charge on any atom is 0.407 e. The smallest absolute Gasteiger partial charge is 0.407 e. The summed E-state index contributed by atoms with van der Waals surface area (Å²) in [5, 5.41) is 18.2. The van der Waals surface area contributed by atoms with Crippen LogP contribution in [0.1, 0.15) is 54.9 Å². The average Bonchev–Trinajstić information content (AvgIpc) is 2.91. The van der Waals surface area contributed by atoms with Crippen LogP contribution in [0.3, 0.4) is 0 Å². The molecular weight excluding hydrogens is 464 g/mol. The summed E-state index contributed by atoms with van der Waals surface area (Å²) < 4.78 is 5.28. The van der Waals surface area contributed by atoms with Crippen molar-refractivity contribution in [1.82, 2.24) is 25.7 Å². The number of rotatable bonds is 7. The lowest BCUT2D eigenvalue weighted by atomic mass is 9.93. The molecule has 1 amide bonds. The summed E-state index contributed by atoms with van der Waals surface area (Å²) in [5.74, 6) is 0.214. The normalized spacial score (nSPS) is 12.4. The minimum absolute atomic E-state index is 0.00391. The van der Waals surface area contributed by atoms with Crippen molar-refractivity contribution >= 4 is 6.09 Å². The van der Waals surface area contributed by atoms with Gasteiger partial charge in [-0.25, -0.2) is 4.79 Å². The molecule has 8 nitrogen and oxygen atoms in total. The molecule has 0 saturated heterocycles. The van der Waals surface area contributed by atoms with Gasteiger partial charge in [-0.05, 0) is 55.2 Å². The summed E-state index contributed by atoms with van der Waals surface area (Å²) in [7, 11) is 0. The van der Waals surface area contributed by atoms with Crippen molar-refractivity contribution in [2.45, 2.75) is 38.2 Å². The average molecular weight is 499 g/mol. The van der Waals surface area contributed by atoms with Crippen LogP contribution in [0.4, 0.5) is 4.79 Å². The lowest BCUT2D eigenvalue weighted by Crippen LogP contribution is -2.35. The van der Waals surface area contributed by atoms with Gasteiger partial charge in [0.25, 0.3) is 0 Å². The number of benzene rings is 2. The van der Waals surface area contributed by atoms with Crippen molar-refractivity contribution in [1.29, 1.82) is 0 Å². The summed E-state index contributed by atoms with van der Waals surface area (Å²) in [6.07, 6.45) is 6.41. The third-order valence-corrected chi connectivity index (χ3v) is 5.51. The van der Waals surface area contributed by atoms with Gasteiger partial charge < -0.3 is 15.8 Å². The lowest BCUT2D eigenvalue weighted by molar-refractivity contribution is 0.0526. The van der Waals surface area contributed by atoms with Gasteiger partial charge in [0.05, 0.1) is 12.4 Å². The van der Waals surface area contributed by atoms with Crippen LogP contribution in [0.15, 0.2) is 97.6 Å². The quantitative estimate of drug-likeness (QED) is 0.379. The van der Waals surface area contributed by atoms with Crippen molar-refractivity contribution < 1.29 is 9.53 Å². The Balaban J connectivity index is 0.000000220. The summed E-state index contributed by atoms with van der Waals surface area (Å²) >= 11 is 0. The first-order chi connectivity index (χ1) is 17.9. The zero-order valence-electron chi connectivity index (χ0n) is 21.5. The molecule has 0 fully saturated rings. The molecule has 2 unspecified atom stereocenters. The second-order valence-corrected chi connectivity index (χ2v) is 9.40. The van der Waals surface area contributed by atoms with Crippen molar-refractivity contribution in [3.63, 3.8) is 0 Å². The van der Waals surface area contributed by atoms with E-state index in [1.807, 2.05) is 81.4 Å². The number of hydrogen-bond acceptors (Lipinski definition) is 7. The predicted octanol–water partition coefficient (Wildman–Crippen LogP) is 4.70. The number of nitrogens with two attached hydrogens (primary N) is 1. The summed E-state index contributed by atoms with van der Waals surface area (Å²) in [4.78, 5) is 11.9. The number of amides is 1. The maximum absolute atomic E-state index is 11.9. The van der Waals surface area contributed by atoms with Gasteiger partial charge in [-0.2, -0.15) is 20.4 Å². The van der Waals surface area contributed by atoms with Gasteiger partial charge in [-0.15, -0.1) is 0 Å². The number of nitrogens with zero attached hydrogens (tertiary/aromatic N) is 4. The molecule has 2 atom stereocenters. The Morgan fingerprint density at radius 1 is 0.757 bits per heavy atom. The maximum atomic E-state index is 11.9. The summed E-state index contributed by atoms with van der Waals surface area (Å²) in [5.41, 5.74) is 9.71. The molecule has 8 heteroatoms. The Bertz CT molecular complexity index is 1110. The van der Waals surface area contributed by atoms with Crippen molar-refractivity contribution in [3.05, 3.63) is 120 Å². The Morgan fingerprint density at radius 2 is 1.24 bits per heavy atom. The van der Waals surface area contributed by atoms with Crippen LogP contribution in [0, 0.1) is 0 Å². The van der Waals surface area contributed by atoms with Crippen LogP contribution in [-0.2, 0) is 4.74 Å². The lowest BCUT2D eigenvalue weighted by Gasteiger charge is -2.22. The van der Waals surface area contributed by atoms with Gasteiger partial charge in [0.15, 0.2) is 0 Å². The topological polar surface area (TPSA) is 116 Å². The Labute approximate surface area is 218 Å². The van der Waals surface area contributed by atoms with Gasteiger partial charge in [-0.1, -0.05) is 60.7 Å². The van der Waals surface area contributed by atoms with E-state index in [4.69, 9.17) is 10.5 Å². The molecule has 2 aromatic carbocycles. The molecule has 2 aromatic heterocycles. The molecule has 3 N–H and O–H groups in total. The van der Waals surface area contributed by atoms with Crippen LogP contribution >= 0.6 is 0 Å². The molecule has 0 radical (unpaired) electrons. The Hall–Kier alpha value is -4.17. The summed E-state index contributed by atoms with van der Waals surface area (Å²) in [6.45, 7) is 6.54. The van der Waals surface area contributed by atoms with E-state index in [9.17, 15) is 4.79 Å². The Kier molecular flexibility index (Phi) is 10.2. The molecule has 4 rings (SSSR count). The molecule has 0 saturated carbocycles. The number of carbonyl (C=O) groups is 1. The highest BCUT2D eigenvalue weighted by Crippen LogP contribution is 2.23. The first-order valence-corrected chi connectivity index (χ1v) is 12.2. The SMILES string of the molecule is CC(C)(C)OC(=O)NCC(c1ccccc1)c1ccnnc1.NCC(c1ccccc1)c1ccnnc1. The van der Waals surface area contributed by atoms with Crippen LogP contribution < -0.4 is 11.1 Å². The molecule has 4 aromatic rings. The molecule has 0 spiro atoms. The largest absolute Gasteiger partial charge is 0.444 e. The van der Waals surface area contributed by atoms with E-state index < -0.39 is 11.7 Å². The van der Waals surface area contributed by atoms with Crippen LogP contribution in [0.5, 0.6) is 0 Å². The molecule has 0 aliphatic heterocycles. The second-order valence-electron chi connectivity index (χ2n) is 9.40. The monoisotopic (exact) mass is 498 g/mol. The number of ether oxygens (including phenoxy) is 1. The van der Waals surface area contributed by atoms with Crippen molar-refractivity contribution in [2.24, 2.45) is 5.73 Å². The van der Waals surface area contributed by atoms with Crippen LogP contribution in [-0.4, -0.2) is 45.2 Å². The zero-order valence-corrected chi connectivity index (χ0v) is 21.5. The van der Waals surface area contributed by atoms with Crippen molar-refractivity contribution in [3.8, 4) is 0 Å². The van der Waals surface area contributed by atoms with Crippen LogP contribution in [0.2, 0.25) is 0 Å². The number of nitrogens with one attached hydrogen (secondary N) is 1. The third kappa shape index (κ3) is 9.09. The molecule has 0 aliphatic rings. The van der Waals surface area contributed by atoms with E-state index in [1.54, 1.807) is 24.8 Å². The van der Waals surface area contributed by atoms with Gasteiger partial charge in [0.2, 0.25) is 0 Å². The fourth-order valence-electron chi connectivity index (χ4n) is 3.78. The predicted molar refractivity (Wildman–Crippen MR) is 144 cm³/mol. The van der Waals surface area contributed by atoms with E-state index in [1.165, 1.54) is 5.56 Å². The highest BCUT2D eigenvalue weighted by atomic mass is 16.6. The van der Waals surface area contributed by atoms with E-state index in [-0.39, 0.29) is 11.8 Å². The number of aromatic nitrogens is 4. The molecule has 37 heavy (non-hydrogen) atoms. The van der Waals surface area contributed by atoms with E-state index in [0.29, 0.717) is 13.1 Å². The van der Waals surface area contributed by atoms with Gasteiger partial charge >= 0.3 is 6.09 Å².